The summed E-state index contributed by atoms with van der Waals surface area (Å²) in [7, 11) is 0. The van der Waals surface area contributed by atoms with E-state index in [0.29, 0.717) is 5.92 Å². The lowest BCUT2D eigenvalue weighted by Gasteiger charge is -2.28. The first-order valence-corrected chi connectivity index (χ1v) is 5.81. The third kappa shape index (κ3) is 1.97. The van der Waals surface area contributed by atoms with E-state index in [-0.39, 0.29) is 5.41 Å². The topological polar surface area (TPSA) is 0 Å². The molecular weight excluding hydrogens is 192 g/mol. The maximum absolute atomic E-state index is 4.33. The van der Waals surface area contributed by atoms with Crippen molar-refractivity contribution in [3.05, 3.63) is 55.0 Å². The van der Waals surface area contributed by atoms with E-state index >= 15 is 0 Å². The third-order valence-corrected chi connectivity index (χ3v) is 3.24. The Kier molecular flexibility index (Phi) is 2.75. The van der Waals surface area contributed by atoms with Gasteiger partial charge in [-0.2, -0.15) is 0 Å². The highest BCUT2D eigenvalue weighted by molar-refractivity contribution is 5.86. The highest BCUT2D eigenvalue weighted by atomic mass is 14.3. The van der Waals surface area contributed by atoms with Crippen LogP contribution >= 0.6 is 0 Å². The summed E-state index contributed by atoms with van der Waals surface area (Å²) in [4.78, 5) is 0. The van der Waals surface area contributed by atoms with Crippen LogP contribution in [0.1, 0.15) is 32.3 Å². The predicted octanol–water partition coefficient (Wildman–Crippen LogP) is 4.80. The lowest BCUT2D eigenvalue weighted by Crippen LogP contribution is -2.15. The molecule has 0 aliphatic rings. The van der Waals surface area contributed by atoms with Gasteiger partial charge in [0.05, 0.1) is 0 Å². The van der Waals surface area contributed by atoms with Crippen LogP contribution in [0.4, 0.5) is 0 Å². The number of hydrogen-bond acceptors (Lipinski definition) is 0. The van der Waals surface area contributed by atoms with Crippen LogP contribution in [0.5, 0.6) is 0 Å². The second-order valence-corrected chi connectivity index (χ2v) is 5.49. The van der Waals surface area contributed by atoms with E-state index in [1.807, 2.05) is 0 Å². The molecule has 1 radical (unpaired) electrons. The fourth-order valence-corrected chi connectivity index (χ4v) is 2.02. The summed E-state index contributed by atoms with van der Waals surface area (Å²) in [5, 5.41) is 2.64. The molecule has 0 spiro atoms. The van der Waals surface area contributed by atoms with Gasteiger partial charge < -0.3 is 0 Å². The molecule has 2 aromatic carbocycles. The molecule has 0 amide bonds. The van der Waals surface area contributed by atoms with Crippen LogP contribution in [0.3, 0.4) is 0 Å². The van der Waals surface area contributed by atoms with Crippen LogP contribution in [0.25, 0.3) is 10.8 Å². The van der Waals surface area contributed by atoms with Crippen LogP contribution in [-0.2, 0) is 0 Å². The van der Waals surface area contributed by atoms with Crippen molar-refractivity contribution in [2.45, 2.75) is 26.7 Å². The zero-order valence-corrected chi connectivity index (χ0v) is 10.3. The standard InChI is InChI=1S/C16H19/c1-12(16(2,3)4)14-11-7-9-13-8-5-6-10-15(13)14/h5-12H,1H2,2-4H3. The summed E-state index contributed by atoms with van der Waals surface area (Å²) in [6.45, 7) is 11.1. The Hall–Kier alpha value is -1.30. The molecule has 0 aliphatic carbocycles. The Morgan fingerprint density at radius 2 is 1.56 bits per heavy atom. The highest BCUT2D eigenvalue weighted by Gasteiger charge is 2.22. The van der Waals surface area contributed by atoms with Crippen molar-refractivity contribution in [3.63, 3.8) is 0 Å². The molecule has 0 aromatic heterocycles. The van der Waals surface area contributed by atoms with Crippen molar-refractivity contribution in [3.8, 4) is 0 Å². The lowest BCUT2D eigenvalue weighted by molar-refractivity contribution is 0.366. The molecule has 0 saturated heterocycles. The van der Waals surface area contributed by atoms with E-state index in [1.54, 1.807) is 0 Å². The summed E-state index contributed by atoms with van der Waals surface area (Å²) in [6, 6.07) is 15.0. The van der Waals surface area contributed by atoms with Crippen LogP contribution in [0, 0.1) is 12.3 Å². The molecule has 0 heteroatoms. The number of fused-ring (bicyclic) bond motifs is 1. The van der Waals surface area contributed by atoms with Crippen molar-refractivity contribution >= 4 is 10.8 Å². The molecule has 0 fully saturated rings. The van der Waals surface area contributed by atoms with Crippen molar-refractivity contribution in [1.29, 1.82) is 0 Å². The Balaban J connectivity index is 2.61. The zero-order valence-electron chi connectivity index (χ0n) is 10.3. The van der Waals surface area contributed by atoms with Gasteiger partial charge in [0.2, 0.25) is 0 Å². The second-order valence-electron chi connectivity index (χ2n) is 5.49. The number of benzene rings is 2. The van der Waals surface area contributed by atoms with Crippen LogP contribution < -0.4 is 0 Å². The lowest BCUT2D eigenvalue weighted by atomic mass is 9.76. The fraction of sp³-hybridized carbons (Fsp3) is 0.312. The van der Waals surface area contributed by atoms with E-state index < -0.39 is 0 Å². The van der Waals surface area contributed by atoms with Gasteiger partial charge >= 0.3 is 0 Å². The van der Waals surface area contributed by atoms with Crippen LogP contribution in [0.15, 0.2) is 42.5 Å². The van der Waals surface area contributed by atoms with Crippen LogP contribution in [-0.4, -0.2) is 0 Å². The maximum atomic E-state index is 4.33. The van der Waals surface area contributed by atoms with E-state index in [4.69, 9.17) is 0 Å². The SMILES string of the molecule is [CH2]C(c1cccc2ccccc12)C(C)(C)C. The minimum atomic E-state index is 0.199. The highest BCUT2D eigenvalue weighted by Crippen LogP contribution is 2.37. The first-order valence-electron chi connectivity index (χ1n) is 5.81. The molecule has 0 heterocycles. The van der Waals surface area contributed by atoms with Gasteiger partial charge in [0, 0.05) is 0 Å². The van der Waals surface area contributed by atoms with Crippen molar-refractivity contribution in [1.82, 2.24) is 0 Å². The molecule has 0 aliphatic heterocycles. The normalized spacial score (nSPS) is 14.0. The minimum Gasteiger partial charge on any atom is -0.0616 e. The third-order valence-electron chi connectivity index (χ3n) is 3.24. The summed E-state index contributed by atoms with van der Waals surface area (Å²) < 4.78 is 0. The molecule has 16 heavy (non-hydrogen) atoms. The van der Waals surface area contributed by atoms with Gasteiger partial charge in [-0.25, -0.2) is 0 Å². The van der Waals surface area contributed by atoms with E-state index in [2.05, 4.69) is 70.2 Å². The van der Waals surface area contributed by atoms with Gasteiger partial charge in [-0.05, 0) is 34.6 Å². The second kappa shape index (κ2) is 3.93. The Bertz CT molecular complexity index is 483. The predicted molar refractivity (Wildman–Crippen MR) is 71.5 cm³/mol. The van der Waals surface area contributed by atoms with Gasteiger partial charge in [0.15, 0.2) is 0 Å². The summed E-state index contributed by atoms with van der Waals surface area (Å²) >= 11 is 0. The molecule has 0 nitrogen and oxygen atoms in total. The van der Waals surface area contributed by atoms with Gasteiger partial charge in [-0.3, -0.25) is 0 Å². The summed E-state index contributed by atoms with van der Waals surface area (Å²) in [5.74, 6) is 0.318. The number of hydrogen-bond donors (Lipinski definition) is 0. The average molecular weight is 211 g/mol. The van der Waals surface area contributed by atoms with E-state index in [1.165, 1.54) is 16.3 Å². The zero-order chi connectivity index (χ0) is 11.8. The fourth-order valence-electron chi connectivity index (χ4n) is 2.02. The van der Waals surface area contributed by atoms with Gasteiger partial charge in [0.1, 0.15) is 0 Å². The average Bonchev–Trinajstić information content (AvgIpc) is 2.26. The molecule has 1 unspecified atom stereocenters. The first kappa shape index (κ1) is 11.2. The van der Waals surface area contributed by atoms with Gasteiger partial charge in [-0.1, -0.05) is 63.2 Å². The largest absolute Gasteiger partial charge is 0.0616 e. The van der Waals surface area contributed by atoms with Crippen molar-refractivity contribution in [2.75, 3.05) is 0 Å². The Labute approximate surface area is 98.3 Å². The Morgan fingerprint density at radius 1 is 0.938 bits per heavy atom. The monoisotopic (exact) mass is 211 g/mol. The molecule has 2 aromatic rings. The quantitative estimate of drug-likeness (QED) is 0.635. The summed E-state index contributed by atoms with van der Waals surface area (Å²) in [6.07, 6.45) is 0. The first-order chi connectivity index (χ1) is 7.50. The molecule has 2 rings (SSSR count). The molecule has 83 valence electrons. The molecular formula is C16H19. The van der Waals surface area contributed by atoms with Gasteiger partial charge in [-0.15, -0.1) is 0 Å². The van der Waals surface area contributed by atoms with Gasteiger partial charge in [0.25, 0.3) is 0 Å². The Morgan fingerprint density at radius 3 is 2.25 bits per heavy atom. The van der Waals surface area contributed by atoms with Crippen molar-refractivity contribution in [2.24, 2.45) is 5.41 Å². The molecule has 0 bridgehead atoms. The summed E-state index contributed by atoms with van der Waals surface area (Å²) in [5.41, 5.74) is 1.55. The molecule has 0 saturated carbocycles. The van der Waals surface area contributed by atoms with E-state index in [0.717, 1.165) is 0 Å². The number of rotatable bonds is 1. The van der Waals surface area contributed by atoms with E-state index in [9.17, 15) is 0 Å². The smallest absolute Gasteiger partial charge is 0.0107 e. The minimum absolute atomic E-state index is 0.199. The molecule has 0 N–H and O–H groups in total. The van der Waals surface area contributed by atoms with Crippen LogP contribution in [0.2, 0.25) is 0 Å². The molecule has 1 atom stereocenters. The maximum Gasteiger partial charge on any atom is -0.0107 e. The van der Waals surface area contributed by atoms with Crippen molar-refractivity contribution < 1.29 is 0 Å².